The van der Waals surface area contributed by atoms with E-state index in [-0.39, 0.29) is 11.8 Å². The molecule has 0 radical (unpaired) electrons. The number of thiazole rings is 1. The average Bonchev–Trinajstić information content (AvgIpc) is 2.97. The number of aromatic nitrogens is 1. The standard InChI is InChI=1S/C12H13N3O3S/c1-7-9(11(17)15(2)3)19-12(13-7)14-10(16)8-4-5-18-6-8/h4-6H,1-3H3,(H,13,14,16). The zero-order chi connectivity index (χ0) is 14.0. The minimum absolute atomic E-state index is 0.126. The van der Waals surface area contributed by atoms with Gasteiger partial charge in [-0.15, -0.1) is 0 Å². The first-order valence-corrected chi connectivity index (χ1v) is 6.33. The molecule has 0 atom stereocenters. The van der Waals surface area contributed by atoms with Crippen LogP contribution in [-0.2, 0) is 0 Å². The second-order valence-corrected chi connectivity index (χ2v) is 5.10. The second-order valence-electron chi connectivity index (χ2n) is 4.10. The van der Waals surface area contributed by atoms with E-state index in [1.807, 2.05) is 0 Å². The number of nitrogens with one attached hydrogen (secondary N) is 1. The number of furan rings is 1. The Morgan fingerprint density at radius 3 is 2.74 bits per heavy atom. The van der Waals surface area contributed by atoms with Gasteiger partial charge in [-0.05, 0) is 13.0 Å². The smallest absolute Gasteiger partial charge is 0.265 e. The third-order valence-corrected chi connectivity index (χ3v) is 3.46. The molecule has 0 aliphatic rings. The Labute approximate surface area is 114 Å². The predicted octanol–water partition coefficient (Wildman–Crippen LogP) is 2.00. The molecule has 0 aliphatic heterocycles. The van der Waals surface area contributed by atoms with Crippen LogP contribution in [0.15, 0.2) is 23.0 Å². The molecule has 2 heterocycles. The average molecular weight is 279 g/mol. The van der Waals surface area contributed by atoms with Crippen molar-refractivity contribution in [1.29, 1.82) is 0 Å². The zero-order valence-corrected chi connectivity index (χ0v) is 11.6. The van der Waals surface area contributed by atoms with Crippen molar-refractivity contribution >= 4 is 28.3 Å². The molecule has 2 aromatic rings. The molecule has 2 aromatic heterocycles. The Balaban J connectivity index is 2.17. The highest BCUT2D eigenvalue weighted by atomic mass is 32.1. The Morgan fingerprint density at radius 2 is 2.16 bits per heavy atom. The first-order chi connectivity index (χ1) is 8.99. The number of anilines is 1. The Bertz CT molecular complexity index is 602. The summed E-state index contributed by atoms with van der Waals surface area (Å²) in [4.78, 5) is 29.8. The predicted molar refractivity (Wildman–Crippen MR) is 71.5 cm³/mol. The molecule has 0 fully saturated rings. The van der Waals surface area contributed by atoms with Gasteiger partial charge < -0.3 is 9.32 Å². The van der Waals surface area contributed by atoms with Crippen LogP contribution in [0.1, 0.15) is 25.7 Å². The van der Waals surface area contributed by atoms with Crippen LogP contribution in [0, 0.1) is 6.92 Å². The van der Waals surface area contributed by atoms with Gasteiger partial charge in [-0.25, -0.2) is 4.98 Å². The SMILES string of the molecule is Cc1nc(NC(=O)c2ccoc2)sc1C(=O)N(C)C. The lowest BCUT2D eigenvalue weighted by molar-refractivity contribution is 0.0831. The molecule has 0 aliphatic carbocycles. The van der Waals surface area contributed by atoms with Gasteiger partial charge in [0, 0.05) is 14.1 Å². The largest absolute Gasteiger partial charge is 0.472 e. The summed E-state index contributed by atoms with van der Waals surface area (Å²) in [5.41, 5.74) is 1.01. The maximum absolute atomic E-state index is 11.9. The number of hydrogen-bond donors (Lipinski definition) is 1. The van der Waals surface area contributed by atoms with Crippen LogP contribution in [-0.4, -0.2) is 35.8 Å². The van der Waals surface area contributed by atoms with E-state index >= 15 is 0 Å². The lowest BCUT2D eigenvalue weighted by Crippen LogP contribution is -2.21. The highest BCUT2D eigenvalue weighted by Crippen LogP contribution is 2.24. The van der Waals surface area contributed by atoms with E-state index in [9.17, 15) is 9.59 Å². The van der Waals surface area contributed by atoms with Crippen LogP contribution < -0.4 is 5.32 Å². The molecule has 1 N–H and O–H groups in total. The number of amides is 2. The third-order valence-electron chi connectivity index (χ3n) is 2.40. The minimum atomic E-state index is -0.314. The number of hydrogen-bond acceptors (Lipinski definition) is 5. The summed E-state index contributed by atoms with van der Waals surface area (Å²) in [7, 11) is 3.34. The first-order valence-electron chi connectivity index (χ1n) is 5.51. The summed E-state index contributed by atoms with van der Waals surface area (Å²) in [5.74, 6) is -0.440. The number of carbonyl (C=O) groups excluding carboxylic acids is 2. The summed E-state index contributed by atoms with van der Waals surface area (Å²) >= 11 is 1.16. The van der Waals surface area contributed by atoms with E-state index in [4.69, 9.17) is 4.42 Å². The normalized spacial score (nSPS) is 10.3. The Morgan fingerprint density at radius 1 is 1.42 bits per heavy atom. The fraction of sp³-hybridized carbons (Fsp3) is 0.250. The van der Waals surface area contributed by atoms with E-state index in [0.717, 1.165) is 11.3 Å². The molecule has 0 aromatic carbocycles. The monoisotopic (exact) mass is 279 g/mol. The van der Waals surface area contributed by atoms with Gasteiger partial charge in [0.15, 0.2) is 5.13 Å². The van der Waals surface area contributed by atoms with Crippen LogP contribution in [0.25, 0.3) is 0 Å². The summed E-state index contributed by atoms with van der Waals surface area (Å²) in [6, 6.07) is 1.56. The summed E-state index contributed by atoms with van der Waals surface area (Å²) in [5, 5.41) is 3.03. The van der Waals surface area contributed by atoms with Crippen molar-refractivity contribution < 1.29 is 14.0 Å². The van der Waals surface area contributed by atoms with Gasteiger partial charge in [-0.3, -0.25) is 14.9 Å². The number of nitrogens with zero attached hydrogens (tertiary/aromatic N) is 2. The second kappa shape index (κ2) is 5.23. The van der Waals surface area contributed by atoms with Gasteiger partial charge in [0.1, 0.15) is 11.1 Å². The van der Waals surface area contributed by atoms with Crippen LogP contribution >= 0.6 is 11.3 Å². The molecular weight excluding hydrogens is 266 g/mol. The highest BCUT2D eigenvalue weighted by molar-refractivity contribution is 7.17. The summed E-state index contributed by atoms with van der Waals surface area (Å²) < 4.78 is 4.83. The van der Waals surface area contributed by atoms with Crippen molar-refractivity contribution in [3.8, 4) is 0 Å². The maximum atomic E-state index is 11.9. The van der Waals surface area contributed by atoms with Crippen LogP contribution in [0.2, 0.25) is 0 Å². The number of carbonyl (C=O) groups is 2. The molecule has 0 saturated carbocycles. The van der Waals surface area contributed by atoms with Gasteiger partial charge >= 0.3 is 0 Å². The van der Waals surface area contributed by atoms with Gasteiger partial charge in [-0.2, -0.15) is 0 Å². The van der Waals surface area contributed by atoms with E-state index in [1.54, 1.807) is 27.1 Å². The van der Waals surface area contributed by atoms with E-state index < -0.39 is 0 Å². The molecule has 2 rings (SSSR count). The Kier molecular flexibility index (Phi) is 3.66. The molecular formula is C12H13N3O3S. The van der Waals surface area contributed by atoms with Crippen LogP contribution in [0.3, 0.4) is 0 Å². The minimum Gasteiger partial charge on any atom is -0.472 e. The summed E-state index contributed by atoms with van der Waals surface area (Å²) in [6.45, 7) is 1.74. The van der Waals surface area contributed by atoms with E-state index in [1.165, 1.54) is 17.4 Å². The molecule has 2 amide bonds. The molecule has 6 nitrogen and oxygen atoms in total. The van der Waals surface area contributed by atoms with Crippen molar-refractivity contribution in [2.24, 2.45) is 0 Å². The quantitative estimate of drug-likeness (QED) is 0.932. The molecule has 0 saturated heterocycles. The zero-order valence-electron chi connectivity index (χ0n) is 10.8. The summed E-state index contributed by atoms with van der Waals surface area (Å²) in [6.07, 6.45) is 2.77. The topological polar surface area (TPSA) is 75.4 Å². The van der Waals surface area contributed by atoms with Gasteiger partial charge in [0.2, 0.25) is 0 Å². The number of aryl methyl sites for hydroxylation is 1. The van der Waals surface area contributed by atoms with Crippen LogP contribution in [0.5, 0.6) is 0 Å². The van der Waals surface area contributed by atoms with Crippen molar-refractivity contribution in [3.63, 3.8) is 0 Å². The van der Waals surface area contributed by atoms with Crippen molar-refractivity contribution in [2.75, 3.05) is 19.4 Å². The fourth-order valence-electron chi connectivity index (χ4n) is 1.41. The lowest BCUT2D eigenvalue weighted by Gasteiger charge is -2.07. The lowest BCUT2D eigenvalue weighted by atomic mass is 10.3. The fourth-order valence-corrected chi connectivity index (χ4v) is 2.40. The van der Waals surface area contributed by atoms with E-state index in [0.29, 0.717) is 21.3 Å². The molecule has 0 unspecified atom stereocenters. The molecule has 19 heavy (non-hydrogen) atoms. The van der Waals surface area contributed by atoms with E-state index in [2.05, 4.69) is 10.3 Å². The highest BCUT2D eigenvalue weighted by Gasteiger charge is 2.18. The van der Waals surface area contributed by atoms with Gasteiger partial charge in [0.25, 0.3) is 11.8 Å². The maximum Gasteiger partial charge on any atom is 0.265 e. The third kappa shape index (κ3) is 2.82. The first kappa shape index (κ1) is 13.3. The molecule has 0 bridgehead atoms. The van der Waals surface area contributed by atoms with Gasteiger partial charge in [0.05, 0.1) is 17.5 Å². The van der Waals surface area contributed by atoms with Crippen molar-refractivity contribution in [3.05, 3.63) is 34.7 Å². The molecule has 0 spiro atoms. The molecule has 7 heteroatoms. The molecule has 100 valence electrons. The van der Waals surface area contributed by atoms with Gasteiger partial charge in [-0.1, -0.05) is 11.3 Å². The Hall–Kier alpha value is -2.15. The van der Waals surface area contributed by atoms with Crippen molar-refractivity contribution in [1.82, 2.24) is 9.88 Å². The number of rotatable bonds is 3. The van der Waals surface area contributed by atoms with Crippen molar-refractivity contribution in [2.45, 2.75) is 6.92 Å². The van der Waals surface area contributed by atoms with Crippen LogP contribution in [0.4, 0.5) is 5.13 Å².